The van der Waals surface area contributed by atoms with Crippen LogP contribution in [0.25, 0.3) is 0 Å². The Labute approximate surface area is 203 Å². The van der Waals surface area contributed by atoms with Crippen LogP contribution in [0.15, 0.2) is 46.7 Å². The number of halogens is 1. The van der Waals surface area contributed by atoms with Crippen molar-refractivity contribution in [3.8, 4) is 0 Å². The summed E-state index contributed by atoms with van der Waals surface area (Å²) in [6.45, 7) is 2.00. The molecule has 2 aliphatic rings. The van der Waals surface area contributed by atoms with Gasteiger partial charge in [-0.2, -0.15) is 4.31 Å². The highest BCUT2D eigenvalue weighted by molar-refractivity contribution is 7.89. The van der Waals surface area contributed by atoms with Crippen LogP contribution < -0.4 is 5.32 Å². The van der Waals surface area contributed by atoms with E-state index < -0.39 is 16.1 Å². The number of nitrogens with zero attached hydrogens (tertiary/aromatic N) is 2. The van der Waals surface area contributed by atoms with Gasteiger partial charge in [-0.25, -0.2) is 8.42 Å². The van der Waals surface area contributed by atoms with E-state index in [1.165, 1.54) is 27.8 Å². The van der Waals surface area contributed by atoms with Crippen LogP contribution in [0, 0.1) is 5.92 Å². The maximum absolute atomic E-state index is 13.4. The van der Waals surface area contributed by atoms with Gasteiger partial charge in [0.25, 0.3) is 5.91 Å². The van der Waals surface area contributed by atoms with Crippen molar-refractivity contribution in [2.45, 2.75) is 43.0 Å². The molecule has 0 spiro atoms. The Morgan fingerprint density at radius 2 is 1.67 bits per heavy atom. The maximum Gasteiger partial charge on any atom is 0.262 e. The number of rotatable bonds is 6. The molecular weight excluding hydrogens is 482 g/mol. The Morgan fingerprint density at radius 1 is 1.00 bits per heavy atom. The summed E-state index contributed by atoms with van der Waals surface area (Å²) in [4.78, 5) is 28.8. The molecule has 0 unspecified atom stereocenters. The predicted molar refractivity (Wildman–Crippen MR) is 129 cm³/mol. The van der Waals surface area contributed by atoms with Crippen molar-refractivity contribution in [2.24, 2.45) is 5.92 Å². The van der Waals surface area contributed by atoms with Gasteiger partial charge in [-0.05, 0) is 73.7 Å². The maximum atomic E-state index is 13.4. The van der Waals surface area contributed by atoms with E-state index in [0.29, 0.717) is 48.9 Å². The molecule has 0 saturated carbocycles. The molecule has 4 rings (SSSR count). The summed E-state index contributed by atoms with van der Waals surface area (Å²) in [7, 11) is -3.63. The van der Waals surface area contributed by atoms with Crippen molar-refractivity contribution in [2.75, 3.05) is 26.2 Å². The molecule has 3 heterocycles. The molecule has 2 amide bonds. The molecule has 2 aliphatic heterocycles. The number of benzene rings is 1. The molecule has 33 heavy (non-hydrogen) atoms. The molecular formula is C23H28ClN3O4S2. The van der Waals surface area contributed by atoms with E-state index in [9.17, 15) is 18.0 Å². The molecule has 178 valence electrons. The molecule has 2 saturated heterocycles. The van der Waals surface area contributed by atoms with Crippen molar-refractivity contribution < 1.29 is 18.0 Å². The van der Waals surface area contributed by atoms with E-state index in [1.54, 1.807) is 24.3 Å². The van der Waals surface area contributed by atoms with Gasteiger partial charge in [0, 0.05) is 31.2 Å². The van der Waals surface area contributed by atoms with Crippen LogP contribution in [0.4, 0.5) is 0 Å². The van der Waals surface area contributed by atoms with E-state index in [0.717, 1.165) is 19.3 Å². The number of nitrogens with one attached hydrogen (secondary N) is 1. The minimum absolute atomic E-state index is 0.0568. The largest absolute Gasteiger partial charge is 0.341 e. The zero-order valence-electron chi connectivity index (χ0n) is 18.3. The monoisotopic (exact) mass is 509 g/mol. The average Bonchev–Trinajstić information content (AvgIpc) is 3.38. The first-order valence-electron chi connectivity index (χ1n) is 11.2. The SMILES string of the molecule is O=C(N[C@@H](C(=O)N1CCCCC1)C1CCN(S(=O)(=O)c2ccc(Cl)cc2)CC1)c1cccs1. The van der Waals surface area contributed by atoms with Crippen LogP contribution >= 0.6 is 22.9 Å². The van der Waals surface area contributed by atoms with E-state index in [-0.39, 0.29) is 22.6 Å². The number of carbonyl (C=O) groups is 2. The van der Waals surface area contributed by atoms with Gasteiger partial charge >= 0.3 is 0 Å². The fourth-order valence-electron chi connectivity index (χ4n) is 4.52. The fraction of sp³-hybridized carbons (Fsp3) is 0.478. The number of hydrogen-bond donors (Lipinski definition) is 1. The summed E-state index contributed by atoms with van der Waals surface area (Å²) in [6.07, 6.45) is 4.05. The Hall–Kier alpha value is -1.94. The summed E-state index contributed by atoms with van der Waals surface area (Å²) in [5.74, 6) is -0.435. The van der Waals surface area contributed by atoms with Crippen LogP contribution in [0.5, 0.6) is 0 Å². The molecule has 1 aromatic heterocycles. The number of amides is 2. The number of piperidine rings is 2. The van der Waals surface area contributed by atoms with Gasteiger partial charge in [0.2, 0.25) is 15.9 Å². The fourth-order valence-corrected chi connectivity index (χ4v) is 6.74. The molecule has 2 aromatic rings. The van der Waals surface area contributed by atoms with Crippen molar-refractivity contribution in [1.82, 2.24) is 14.5 Å². The van der Waals surface area contributed by atoms with E-state index >= 15 is 0 Å². The predicted octanol–water partition coefficient (Wildman–Crippen LogP) is 3.61. The minimum Gasteiger partial charge on any atom is -0.341 e. The molecule has 0 radical (unpaired) electrons. The lowest BCUT2D eigenvalue weighted by atomic mass is 9.88. The summed E-state index contributed by atoms with van der Waals surface area (Å²) >= 11 is 7.23. The Bertz CT molecular complexity index is 1060. The zero-order valence-corrected chi connectivity index (χ0v) is 20.7. The molecule has 0 bridgehead atoms. The van der Waals surface area contributed by atoms with Gasteiger partial charge in [0.05, 0.1) is 9.77 Å². The highest BCUT2D eigenvalue weighted by Gasteiger charge is 2.38. The Kier molecular flexibility index (Phi) is 7.73. The lowest BCUT2D eigenvalue weighted by Gasteiger charge is -2.38. The smallest absolute Gasteiger partial charge is 0.262 e. The molecule has 1 aromatic carbocycles. The Morgan fingerprint density at radius 3 is 2.27 bits per heavy atom. The average molecular weight is 510 g/mol. The molecule has 2 fully saturated rings. The van der Waals surface area contributed by atoms with Gasteiger partial charge in [-0.15, -0.1) is 11.3 Å². The third-order valence-corrected chi connectivity index (χ3v) is 9.42. The van der Waals surface area contributed by atoms with Crippen LogP contribution in [0.1, 0.15) is 41.8 Å². The lowest BCUT2D eigenvalue weighted by Crippen LogP contribution is -2.55. The van der Waals surface area contributed by atoms with Crippen molar-refractivity contribution >= 4 is 44.8 Å². The molecule has 7 nitrogen and oxygen atoms in total. The van der Waals surface area contributed by atoms with E-state index in [2.05, 4.69) is 5.32 Å². The van der Waals surface area contributed by atoms with Crippen LogP contribution in [0.2, 0.25) is 5.02 Å². The van der Waals surface area contributed by atoms with E-state index in [4.69, 9.17) is 11.6 Å². The molecule has 1 N–H and O–H groups in total. The number of likely N-dealkylation sites (tertiary alicyclic amines) is 1. The van der Waals surface area contributed by atoms with E-state index in [1.807, 2.05) is 10.3 Å². The molecule has 10 heteroatoms. The Balaban J connectivity index is 1.47. The van der Waals surface area contributed by atoms with Crippen molar-refractivity contribution in [1.29, 1.82) is 0 Å². The summed E-state index contributed by atoms with van der Waals surface area (Å²) < 4.78 is 27.5. The van der Waals surface area contributed by atoms with Gasteiger partial charge in [0.1, 0.15) is 6.04 Å². The van der Waals surface area contributed by atoms with Crippen LogP contribution in [-0.4, -0.2) is 61.7 Å². The second kappa shape index (κ2) is 10.5. The van der Waals surface area contributed by atoms with Crippen molar-refractivity contribution in [3.05, 3.63) is 51.7 Å². The lowest BCUT2D eigenvalue weighted by molar-refractivity contribution is -0.135. The highest BCUT2D eigenvalue weighted by Crippen LogP contribution is 2.28. The third kappa shape index (κ3) is 5.59. The zero-order chi connectivity index (χ0) is 23.4. The normalized spacial score (nSPS) is 19.2. The van der Waals surface area contributed by atoms with Gasteiger partial charge in [-0.1, -0.05) is 17.7 Å². The van der Waals surface area contributed by atoms with Crippen LogP contribution in [-0.2, 0) is 14.8 Å². The second-order valence-corrected chi connectivity index (χ2v) is 11.8. The third-order valence-electron chi connectivity index (χ3n) is 6.39. The van der Waals surface area contributed by atoms with Gasteiger partial charge in [0.15, 0.2) is 0 Å². The number of sulfonamides is 1. The van der Waals surface area contributed by atoms with Crippen molar-refractivity contribution in [3.63, 3.8) is 0 Å². The standard InChI is InChI=1S/C23H28ClN3O4S2/c24-18-6-8-19(9-7-18)33(30,31)27-14-10-17(11-15-27)21(23(29)26-12-2-1-3-13-26)25-22(28)20-5-4-16-32-20/h4-9,16-17,21H,1-3,10-15H2,(H,25,28)/t21-/m1/s1. The molecule has 0 aliphatic carbocycles. The first kappa shape index (κ1) is 24.2. The summed E-state index contributed by atoms with van der Waals surface area (Å²) in [6, 6.07) is 9.04. The first-order valence-corrected chi connectivity index (χ1v) is 13.9. The number of carbonyl (C=O) groups excluding carboxylic acids is 2. The first-order chi connectivity index (χ1) is 15.9. The quantitative estimate of drug-likeness (QED) is 0.644. The highest BCUT2D eigenvalue weighted by atomic mass is 35.5. The number of thiophene rings is 1. The second-order valence-electron chi connectivity index (χ2n) is 8.51. The molecule has 1 atom stereocenters. The summed E-state index contributed by atoms with van der Waals surface area (Å²) in [5.41, 5.74) is 0. The van der Waals surface area contributed by atoms with Gasteiger partial charge < -0.3 is 10.2 Å². The van der Waals surface area contributed by atoms with Gasteiger partial charge in [-0.3, -0.25) is 9.59 Å². The minimum atomic E-state index is -3.63. The number of hydrogen-bond acceptors (Lipinski definition) is 5. The summed E-state index contributed by atoms with van der Waals surface area (Å²) in [5, 5.41) is 5.29. The van der Waals surface area contributed by atoms with Crippen LogP contribution in [0.3, 0.4) is 0 Å². The topological polar surface area (TPSA) is 86.8 Å².